The second kappa shape index (κ2) is 9.93. The Bertz CT molecular complexity index is 1240. The fourth-order valence-corrected chi connectivity index (χ4v) is 4.26. The first-order valence-electron chi connectivity index (χ1n) is 9.74. The second-order valence-electron chi connectivity index (χ2n) is 6.86. The summed E-state index contributed by atoms with van der Waals surface area (Å²) in [5.74, 6) is 0.283. The third kappa shape index (κ3) is 5.52. The summed E-state index contributed by atoms with van der Waals surface area (Å²) in [6.45, 7) is 3.97. The van der Waals surface area contributed by atoms with Crippen LogP contribution in [0.2, 0.25) is 5.02 Å². The average Bonchev–Trinajstić information content (AvgIpc) is 2.75. The largest absolute Gasteiger partial charge is 0.495 e. The van der Waals surface area contributed by atoms with Crippen LogP contribution in [0.25, 0.3) is 0 Å². The number of halogens is 1. The molecule has 0 aliphatic rings. The summed E-state index contributed by atoms with van der Waals surface area (Å²) >= 11 is 5.97. The number of carbonyl (C=O) groups is 1. The molecule has 0 bridgehead atoms. The van der Waals surface area contributed by atoms with Crippen LogP contribution in [-0.2, 0) is 10.0 Å². The van der Waals surface area contributed by atoms with Crippen LogP contribution in [0.5, 0.6) is 11.5 Å². The molecule has 0 aliphatic heterocycles. The summed E-state index contributed by atoms with van der Waals surface area (Å²) in [5.41, 5.74) is 1.72. The maximum Gasteiger partial charge on any atom is 0.262 e. The summed E-state index contributed by atoms with van der Waals surface area (Å²) in [6.07, 6.45) is 0. The van der Waals surface area contributed by atoms with Gasteiger partial charge in [-0.1, -0.05) is 23.7 Å². The van der Waals surface area contributed by atoms with E-state index >= 15 is 0 Å². The van der Waals surface area contributed by atoms with Crippen LogP contribution in [0.3, 0.4) is 0 Å². The predicted octanol–water partition coefficient (Wildman–Crippen LogP) is 5.11. The second-order valence-corrected chi connectivity index (χ2v) is 8.98. The molecule has 1 amide bonds. The van der Waals surface area contributed by atoms with Crippen molar-refractivity contribution < 1.29 is 22.7 Å². The molecule has 3 aromatic rings. The lowest BCUT2D eigenvalue weighted by Crippen LogP contribution is -2.16. The lowest BCUT2D eigenvalue weighted by atomic mass is 10.2. The highest BCUT2D eigenvalue weighted by molar-refractivity contribution is 7.92. The number of anilines is 2. The number of benzene rings is 3. The van der Waals surface area contributed by atoms with E-state index in [9.17, 15) is 13.2 Å². The van der Waals surface area contributed by atoms with Crippen molar-refractivity contribution in [3.8, 4) is 11.5 Å². The fourth-order valence-electron chi connectivity index (χ4n) is 2.98. The average molecular weight is 475 g/mol. The molecule has 3 rings (SSSR count). The first kappa shape index (κ1) is 23.4. The summed E-state index contributed by atoms with van der Waals surface area (Å²) in [4.78, 5) is 12.6. The molecule has 168 valence electrons. The van der Waals surface area contributed by atoms with Gasteiger partial charge in [-0.15, -0.1) is 0 Å². The Morgan fingerprint density at radius 2 is 1.75 bits per heavy atom. The highest BCUT2D eigenvalue weighted by Crippen LogP contribution is 2.32. The van der Waals surface area contributed by atoms with Crippen molar-refractivity contribution in [1.29, 1.82) is 0 Å². The summed E-state index contributed by atoms with van der Waals surface area (Å²) in [5, 5.41) is 3.12. The van der Waals surface area contributed by atoms with Crippen LogP contribution < -0.4 is 19.5 Å². The van der Waals surface area contributed by atoms with Crippen molar-refractivity contribution in [3.63, 3.8) is 0 Å². The molecule has 2 N–H and O–H groups in total. The van der Waals surface area contributed by atoms with E-state index in [4.69, 9.17) is 21.1 Å². The van der Waals surface area contributed by atoms with Crippen molar-refractivity contribution in [2.75, 3.05) is 23.8 Å². The SMILES string of the molecule is CCOc1ccc(S(=O)(=O)Nc2cc(C)ccc2OC)cc1NC(=O)c1cccc(Cl)c1. The lowest BCUT2D eigenvalue weighted by Gasteiger charge is -2.16. The number of rotatable bonds is 8. The van der Waals surface area contributed by atoms with Gasteiger partial charge >= 0.3 is 0 Å². The smallest absolute Gasteiger partial charge is 0.262 e. The van der Waals surface area contributed by atoms with Gasteiger partial charge in [0.05, 0.1) is 30.0 Å². The Hall–Kier alpha value is -3.23. The minimum atomic E-state index is -3.98. The van der Waals surface area contributed by atoms with E-state index in [1.807, 2.05) is 13.0 Å². The molecule has 0 fully saturated rings. The molecule has 7 nitrogen and oxygen atoms in total. The van der Waals surface area contributed by atoms with Crippen LogP contribution in [0.1, 0.15) is 22.8 Å². The molecular formula is C23H23ClN2O5S. The number of amides is 1. The van der Waals surface area contributed by atoms with Gasteiger partial charge < -0.3 is 14.8 Å². The maximum atomic E-state index is 13.1. The number of ether oxygens (including phenoxy) is 2. The zero-order valence-electron chi connectivity index (χ0n) is 17.8. The van der Waals surface area contributed by atoms with Crippen LogP contribution >= 0.6 is 11.6 Å². The van der Waals surface area contributed by atoms with Crippen LogP contribution in [-0.4, -0.2) is 28.0 Å². The zero-order chi connectivity index (χ0) is 23.3. The zero-order valence-corrected chi connectivity index (χ0v) is 19.4. The monoisotopic (exact) mass is 474 g/mol. The first-order chi connectivity index (χ1) is 15.2. The molecule has 0 saturated carbocycles. The lowest BCUT2D eigenvalue weighted by molar-refractivity contribution is 0.102. The normalized spacial score (nSPS) is 11.0. The number of sulfonamides is 1. The quantitative estimate of drug-likeness (QED) is 0.473. The van der Waals surface area contributed by atoms with E-state index in [0.717, 1.165) is 5.56 Å². The van der Waals surface area contributed by atoms with Gasteiger partial charge in [0, 0.05) is 10.6 Å². The number of nitrogens with one attached hydrogen (secondary N) is 2. The van der Waals surface area contributed by atoms with Crippen molar-refractivity contribution in [2.45, 2.75) is 18.7 Å². The molecule has 0 aliphatic carbocycles. The third-order valence-electron chi connectivity index (χ3n) is 4.50. The summed E-state index contributed by atoms with van der Waals surface area (Å²) in [7, 11) is -2.52. The van der Waals surface area contributed by atoms with E-state index in [2.05, 4.69) is 10.0 Å². The van der Waals surface area contributed by atoms with Gasteiger partial charge in [-0.3, -0.25) is 9.52 Å². The molecule has 0 heterocycles. The van der Waals surface area contributed by atoms with Crippen molar-refractivity contribution >= 4 is 38.9 Å². The van der Waals surface area contributed by atoms with E-state index in [0.29, 0.717) is 34.4 Å². The molecule has 32 heavy (non-hydrogen) atoms. The molecular weight excluding hydrogens is 452 g/mol. The van der Waals surface area contributed by atoms with Crippen LogP contribution in [0.15, 0.2) is 65.6 Å². The summed E-state index contributed by atoms with van der Waals surface area (Å²) in [6, 6.07) is 15.9. The molecule has 0 spiro atoms. The Kier molecular flexibility index (Phi) is 7.27. The minimum Gasteiger partial charge on any atom is -0.495 e. The fraction of sp³-hybridized carbons (Fsp3) is 0.174. The number of hydrogen-bond donors (Lipinski definition) is 2. The van der Waals surface area contributed by atoms with Gasteiger partial charge in [-0.2, -0.15) is 0 Å². The molecule has 0 unspecified atom stereocenters. The number of aryl methyl sites for hydroxylation is 1. The van der Waals surface area contributed by atoms with Gasteiger partial charge in [0.15, 0.2) is 0 Å². The van der Waals surface area contributed by atoms with E-state index in [1.54, 1.807) is 37.3 Å². The van der Waals surface area contributed by atoms with Gasteiger partial charge in [0.25, 0.3) is 15.9 Å². The third-order valence-corrected chi connectivity index (χ3v) is 6.09. The molecule has 9 heteroatoms. The first-order valence-corrected chi connectivity index (χ1v) is 11.6. The van der Waals surface area contributed by atoms with Crippen LogP contribution in [0, 0.1) is 6.92 Å². The van der Waals surface area contributed by atoms with Crippen molar-refractivity contribution in [3.05, 3.63) is 76.8 Å². The number of carbonyl (C=O) groups excluding carboxylic acids is 1. The Morgan fingerprint density at radius 1 is 1.00 bits per heavy atom. The summed E-state index contributed by atoms with van der Waals surface area (Å²) < 4.78 is 39.5. The van der Waals surface area contributed by atoms with Crippen molar-refractivity contribution in [2.24, 2.45) is 0 Å². The molecule has 0 aromatic heterocycles. The number of hydrogen-bond acceptors (Lipinski definition) is 5. The Labute approximate surface area is 192 Å². The van der Waals surface area contributed by atoms with Gasteiger partial charge in [0.2, 0.25) is 0 Å². The highest BCUT2D eigenvalue weighted by Gasteiger charge is 2.20. The Morgan fingerprint density at radius 3 is 2.44 bits per heavy atom. The number of methoxy groups -OCH3 is 1. The predicted molar refractivity (Wildman–Crippen MR) is 126 cm³/mol. The van der Waals surface area contributed by atoms with Gasteiger partial charge in [-0.05, 0) is 67.9 Å². The standard InChI is InChI=1S/C23H23ClN2O5S/c1-4-31-22-11-9-18(14-19(22)25-23(27)16-6-5-7-17(24)13-16)32(28,29)26-20-12-15(2)8-10-21(20)30-3/h5-14,26H,4H2,1-3H3,(H,25,27). The highest BCUT2D eigenvalue weighted by atomic mass is 35.5. The van der Waals surface area contributed by atoms with E-state index in [-0.39, 0.29) is 10.6 Å². The molecule has 0 saturated heterocycles. The molecule has 0 atom stereocenters. The topological polar surface area (TPSA) is 93.7 Å². The molecule has 3 aromatic carbocycles. The van der Waals surface area contributed by atoms with Gasteiger partial charge in [0.1, 0.15) is 11.5 Å². The maximum absolute atomic E-state index is 13.1. The van der Waals surface area contributed by atoms with Crippen LogP contribution in [0.4, 0.5) is 11.4 Å². The van der Waals surface area contributed by atoms with Crippen molar-refractivity contribution in [1.82, 2.24) is 0 Å². The van der Waals surface area contributed by atoms with E-state index < -0.39 is 15.9 Å². The van der Waals surface area contributed by atoms with Gasteiger partial charge in [-0.25, -0.2) is 8.42 Å². The molecule has 0 radical (unpaired) electrons. The minimum absolute atomic E-state index is 0.0501. The van der Waals surface area contributed by atoms with E-state index in [1.165, 1.54) is 31.4 Å². The Balaban J connectivity index is 1.95.